The minimum atomic E-state index is -1.05. The number of hydrogen-bond donors (Lipinski definition) is 1. The third kappa shape index (κ3) is 2.23. The molecule has 1 aromatic rings. The van der Waals surface area contributed by atoms with Crippen LogP contribution in [-0.4, -0.2) is 36.5 Å². The van der Waals surface area contributed by atoms with E-state index >= 15 is 0 Å². The van der Waals surface area contributed by atoms with E-state index in [1.807, 2.05) is 0 Å². The lowest BCUT2D eigenvalue weighted by Gasteiger charge is -2.24. The number of likely N-dealkylation sites (tertiary alicyclic amines) is 1. The Labute approximate surface area is 110 Å². The quantitative estimate of drug-likeness (QED) is 0.840. The summed E-state index contributed by atoms with van der Waals surface area (Å²) >= 11 is 0. The molecule has 2 aliphatic heterocycles. The minimum absolute atomic E-state index is 0.168. The number of nitrogens with zero attached hydrogens (tertiary/aromatic N) is 1. The molecule has 2 fully saturated rings. The highest BCUT2D eigenvalue weighted by atomic mass is 19.2. The molecule has 3 nitrogen and oxygen atoms in total. The third-order valence-electron chi connectivity index (χ3n) is 4.07. The monoisotopic (exact) mass is 266 g/mol. The predicted molar refractivity (Wildman–Crippen MR) is 66.8 cm³/mol. The number of amides is 1. The Morgan fingerprint density at radius 3 is 2.95 bits per heavy atom. The second kappa shape index (κ2) is 4.89. The summed E-state index contributed by atoms with van der Waals surface area (Å²) in [6, 6.07) is 4.04. The number of halogens is 2. The second-order valence-electron chi connectivity index (χ2n) is 5.27. The molecule has 2 unspecified atom stereocenters. The van der Waals surface area contributed by atoms with Gasteiger partial charge in [-0.1, -0.05) is 6.07 Å². The summed E-state index contributed by atoms with van der Waals surface area (Å²) in [6.07, 6.45) is 2.20. The molecular formula is C14H16F2N2O. The zero-order valence-corrected chi connectivity index (χ0v) is 10.5. The highest BCUT2D eigenvalue weighted by molar-refractivity contribution is 5.94. The van der Waals surface area contributed by atoms with Gasteiger partial charge in [0.15, 0.2) is 11.6 Å². The van der Waals surface area contributed by atoms with Gasteiger partial charge in [-0.2, -0.15) is 0 Å². The maximum absolute atomic E-state index is 13.6. The Bertz CT molecular complexity index is 492. The fraction of sp³-hybridized carbons (Fsp3) is 0.500. The average Bonchev–Trinajstić information content (AvgIpc) is 2.85. The van der Waals surface area contributed by atoms with E-state index in [0.717, 1.165) is 25.5 Å². The van der Waals surface area contributed by atoms with Gasteiger partial charge < -0.3 is 10.2 Å². The summed E-state index contributed by atoms with van der Waals surface area (Å²) in [5, 5.41) is 3.38. The third-order valence-corrected chi connectivity index (χ3v) is 4.07. The Morgan fingerprint density at radius 2 is 2.16 bits per heavy atom. The number of benzene rings is 1. The van der Waals surface area contributed by atoms with Crippen LogP contribution in [0, 0.1) is 17.6 Å². The van der Waals surface area contributed by atoms with Crippen molar-refractivity contribution in [3.8, 4) is 0 Å². The molecule has 0 bridgehead atoms. The molecule has 19 heavy (non-hydrogen) atoms. The van der Waals surface area contributed by atoms with E-state index in [1.165, 1.54) is 12.1 Å². The van der Waals surface area contributed by atoms with Crippen LogP contribution in [-0.2, 0) is 0 Å². The summed E-state index contributed by atoms with van der Waals surface area (Å²) in [6.45, 7) is 2.18. The van der Waals surface area contributed by atoms with Gasteiger partial charge in [-0.25, -0.2) is 8.78 Å². The summed E-state index contributed by atoms with van der Waals surface area (Å²) < 4.78 is 26.8. The first-order chi connectivity index (χ1) is 9.16. The van der Waals surface area contributed by atoms with E-state index in [-0.39, 0.29) is 5.56 Å². The normalized spacial score (nSPS) is 26.3. The smallest absolute Gasteiger partial charge is 0.257 e. The van der Waals surface area contributed by atoms with Crippen LogP contribution in [0.2, 0.25) is 0 Å². The molecule has 1 aromatic carbocycles. The van der Waals surface area contributed by atoms with Crippen molar-refractivity contribution in [1.82, 2.24) is 10.2 Å². The second-order valence-corrected chi connectivity index (χ2v) is 5.27. The van der Waals surface area contributed by atoms with Crippen molar-refractivity contribution in [2.24, 2.45) is 5.92 Å². The topological polar surface area (TPSA) is 32.3 Å². The summed E-state index contributed by atoms with van der Waals surface area (Å²) in [5.74, 6) is -1.99. The average molecular weight is 266 g/mol. The van der Waals surface area contributed by atoms with Gasteiger partial charge in [-0.15, -0.1) is 0 Å². The van der Waals surface area contributed by atoms with Gasteiger partial charge in [-0.3, -0.25) is 4.79 Å². The van der Waals surface area contributed by atoms with Gasteiger partial charge in [0, 0.05) is 19.1 Å². The fourth-order valence-electron chi connectivity index (χ4n) is 3.05. The van der Waals surface area contributed by atoms with Crippen LogP contribution >= 0.6 is 0 Å². The van der Waals surface area contributed by atoms with Gasteiger partial charge in [-0.05, 0) is 37.4 Å². The molecule has 0 aliphatic carbocycles. The number of hydrogen-bond acceptors (Lipinski definition) is 2. The van der Waals surface area contributed by atoms with Crippen molar-refractivity contribution in [1.29, 1.82) is 0 Å². The predicted octanol–water partition coefficient (Wildman–Crippen LogP) is 1.79. The maximum atomic E-state index is 13.6. The van der Waals surface area contributed by atoms with E-state index in [1.54, 1.807) is 4.90 Å². The van der Waals surface area contributed by atoms with Crippen LogP contribution in [0.25, 0.3) is 0 Å². The first kappa shape index (κ1) is 12.5. The molecule has 2 heterocycles. The van der Waals surface area contributed by atoms with Gasteiger partial charge in [0.05, 0.1) is 5.56 Å². The Morgan fingerprint density at radius 1 is 1.32 bits per heavy atom. The first-order valence-corrected chi connectivity index (χ1v) is 6.63. The minimum Gasteiger partial charge on any atom is -0.337 e. The van der Waals surface area contributed by atoms with Crippen LogP contribution in [0.15, 0.2) is 18.2 Å². The molecular weight excluding hydrogens is 250 g/mol. The van der Waals surface area contributed by atoms with Gasteiger partial charge >= 0.3 is 0 Å². The van der Waals surface area contributed by atoms with Crippen molar-refractivity contribution in [3.63, 3.8) is 0 Å². The van der Waals surface area contributed by atoms with Crippen LogP contribution in [0.4, 0.5) is 8.78 Å². The molecule has 1 N–H and O–H groups in total. The van der Waals surface area contributed by atoms with Gasteiger partial charge in [0.2, 0.25) is 0 Å². The molecule has 0 radical (unpaired) electrons. The van der Waals surface area contributed by atoms with E-state index in [2.05, 4.69) is 5.32 Å². The lowest BCUT2D eigenvalue weighted by atomic mass is 9.94. The van der Waals surface area contributed by atoms with E-state index in [0.29, 0.717) is 25.0 Å². The van der Waals surface area contributed by atoms with Gasteiger partial charge in [0.25, 0.3) is 5.91 Å². The zero-order chi connectivity index (χ0) is 13.4. The fourth-order valence-corrected chi connectivity index (χ4v) is 3.05. The number of rotatable bonds is 1. The number of carbonyl (C=O) groups is 1. The molecule has 102 valence electrons. The lowest BCUT2D eigenvalue weighted by Crippen LogP contribution is -2.41. The number of nitrogens with one attached hydrogen (secondary N) is 1. The zero-order valence-electron chi connectivity index (χ0n) is 10.5. The van der Waals surface area contributed by atoms with Crippen molar-refractivity contribution in [2.75, 3.05) is 19.6 Å². The van der Waals surface area contributed by atoms with Crippen LogP contribution in [0.3, 0.4) is 0 Å². The van der Waals surface area contributed by atoms with Crippen molar-refractivity contribution in [3.05, 3.63) is 35.4 Å². The molecule has 0 saturated carbocycles. The maximum Gasteiger partial charge on any atom is 0.257 e. The van der Waals surface area contributed by atoms with Gasteiger partial charge in [0.1, 0.15) is 0 Å². The highest BCUT2D eigenvalue weighted by Gasteiger charge is 2.37. The van der Waals surface area contributed by atoms with Crippen molar-refractivity contribution >= 4 is 5.91 Å². The van der Waals surface area contributed by atoms with Crippen LogP contribution < -0.4 is 5.32 Å². The largest absolute Gasteiger partial charge is 0.337 e. The molecule has 2 saturated heterocycles. The van der Waals surface area contributed by atoms with Crippen molar-refractivity contribution in [2.45, 2.75) is 18.9 Å². The molecule has 2 atom stereocenters. The SMILES string of the molecule is O=C(c1cccc(F)c1F)N1CC2CCCNC2C1. The Balaban J connectivity index is 1.79. The molecule has 1 amide bonds. The Hall–Kier alpha value is -1.49. The molecule has 0 aromatic heterocycles. The summed E-state index contributed by atoms with van der Waals surface area (Å²) in [7, 11) is 0. The Kier molecular flexibility index (Phi) is 3.22. The molecule has 5 heteroatoms. The number of fused-ring (bicyclic) bond motifs is 1. The molecule has 2 aliphatic rings. The lowest BCUT2D eigenvalue weighted by molar-refractivity contribution is 0.0780. The molecule has 0 spiro atoms. The van der Waals surface area contributed by atoms with E-state index in [4.69, 9.17) is 0 Å². The molecule has 3 rings (SSSR count). The summed E-state index contributed by atoms with van der Waals surface area (Å²) in [5.41, 5.74) is -0.168. The first-order valence-electron chi connectivity index (χ1n) is 6.63. The number of carbonyl (C=O) groups excluding carboxylic acids is 1. The highest BCUT2D eigenvalue weighted by Crippen LogP contribution is 2.26. The van der Waals surface area contributed by atoms with E-state index < -0.39 is 17.5 Å². The standard InChI is InChI=1S/C14H16F2N2O/c15-11-5-1-4-10(13(11)16)14(19)18-7-9-3-2-6-17-12(9)8-18/h1,4-5,9,12,17H,2-3,6-8H2. The van der Waals surface area contributed by atoms with E-state index in [9.17, 15) is 13.6 Å². The van der Waals surface area contributed by atoms with Crippen molar-refractivity contribution < 1.29 is 13.6 Å². The summed E-state index contributed by atoms with van der Waals surface area (Å²) in [4.78, 5) is 13.9. The number of piperidine rings is 1. The van der Waals surface area contributed by atoms with Crippen LogP contribution in [0.1, 0.15) is 23.2 Å². The van der Waals surface area contributed by atoms with Crippen LogP contribution in [0.5, 0.6) is 0 Å².